The largest absolute Gasteiger partial charge is 0.392 e. The van der Waals surface area contributed by atoms with Crippen molar-refractivity contribution in [3.8, 4) is 0 Å². The normalized spacial score (nSPS) is 19.9. The van der Waals surface area contributed by atoms with Crippen LogP contribution in [0, 0.1) is 5.41 Å². The van der Waals surface area contributed by atoms with E-state index in [9.17, 15) is 8.42 Å². The Hall–Kier alpha value is -0.200. The van der Waals surface area contributed by atoms with Crippen molar-refractivity contribution < 1.29 is 8.42 Å². The van der Waals surface area contributed by atoms with Crippen molar-refractivity contribution in [2.75, 3.05) is 6.54 Å². The number of thiocarbonyl (C=S) groups is 1. The molecule has 4 nitrogen and oxygen atoms in total. The van der Waals surface area contributed by atoms with Gasteiger partial charge in [-0.3, -0.25) is 0 Å². The molecule has 0 aromatic carbocycles. The average Bonchev–Trinajstić information content (AvgIpc) is 2.96. The van der Waals surface area contributed by atoms with Gasteiger partial charge < -0.3 is 5.73 Å². The third-order valence-electron chi connectivity index (χ3n) is 3.45. The molecule has 6 heteroatoms. The second-order valence-electron chi connectivity index (χ2n) is 4.92. The molecule has 0 radical (unpaired) electrons. The Labute approximate surface area is 109 Å². The molecule has 0 aromatic rings. The number of nitrogens with two attached hydrogens (primary N) is 1. The molecular weight excluding hydrogens is 256 g/mol. The van der Waals surface area contributed by atoms with Crippen LogP contribution >= 0.6 is 12.2 Å². The summed E-state index contributed by atoms with van der Waals surface area (Å²) >= 11 is 4.80. The van der Waals surface area contributed by atoms with Gasteiger partial charge in [-0.05, 0) is 31.1 Å². The first-order valence-electron chi connectivity index (χ1n) is 6.14. The van der Waals surface area contributed by atoms with E-state index in [2.05, 4.69) is 11.6 Å². The minimum Gasteiger partial charge on any atom is -0.392 e. The van der Waals surface area contributed by atoms with E-state index < -0.39 is 15.3 Å². The predicted octanol–water partition coefficient (Wildman–Crippen LogP) is 1.55. The molecule has 0 spiro atoms. The number of sulfonamides is 1. The van der Waals surface area contributed by atoms with Crippen LogP contribution < -0.4 is 10.5 Å². The molecule has 0 bridgehead atoms. The lowest BCUT2D eigenvalue weighted by molar-refractivity contribution is 0.448. The lowest BCUT2D eigenvalue weighted by Gasteiger charge is -2.19. The second kappa shape index (κ2) is 5.63. The van der Waals surface area contributed by atoms with Crippen LogP contribution in [0.5, 0.6) is 0 Å². The fourth-order valence-electron chi connectivity index (χ4n) is 2.15. The molecule has 0 heterocycles. The lowest BCUT2D eigenvalue weighted by Crippen LogP contribution is -2.43. The van der Waals surface area contributed by atoms with Crippen LogP contribution in [0.2, 0.25) is 0 Å². The van der Waals surface area contributed by atoms with E-state index in [1.165, 1.54) is 0 Å². The van der Waals surface area contributed by atoms with Crippen molar-refractivity contribution in [1.82, 2.24) is 4.72 Å². The van der Waals surface area contributed by atoms with Gasteiger partial charge in [-0.1, -0.05) is 32.5 Å². The van der Waals surface area contributed by atoms with E-state index in [0.29, 0.717) is 13.0 Å². The Morgan fingerprint density at radius 2 is 2.06 bits per heavy atom. The fourth-order valence-corrected chi connectivity index (χ4v) is 4.15. The molecule has 1 fully saturated rings. The van der Waals surface area contributed by atoms with Gasteiger partial charge in [-0.15, -0.1) is 0 Å². The lowest BCUT2D eigenvalue weighted by atomic mass is 10.0. The SMILES string of the molecule is CCCC1(CNS(=O)(=O)C(CC)C(N)=S)CC1. The van der Waals surface area contributed by atoms with Gasteiger partial charge in [0.25, 0.3) is 0 Å². The fraction of sp³-hybridized carbons (Fsp3) is 0.909. The molecule has 0 amide bonds. The Morgan fingerprint density at radius 3 is 2.41 bits per heavy atom. The summed E-state index contributed by atoms with van der Waals surface area (Å²) in [5.41, 5.74) is 5.66. The van der Waals surface area contributed by atoms with E-state index in [4.69, 9.17) is 18.0 Å². The topological polar surface area (TPSA) is 72.2 Å². The van der Waals surface area contributed by atoms with E-state index in [-0.39, 0.29) is 10.4 Å². The van der Waals surface area contributed by atoms with Crippen LogP contribution in [0.15, 0.2) is 0 Å². The van der Waals surface area contributed by atoms with E-state index in [0.717, 1.165) is 25.7 Å². The van der Waals surface area contributed by atoms with E-state index in [1.54, 1.807) is 6.92 Å². The number of rotatable bonds is 8. The van der Waals surface area contributed by atoms with Crippen LogP contribution in [0.25, 0.3) is 0 Å². The van der Waals surface area contributed by atoms with Gasteiger partial charge in [0.1, 0.15) is 5.25 Å². The van der Waals surface area contributed by atoms with Gasteiger partial charge in [0.15, 0.2) is 0 Å². The predicted molar refractivity (Wildman–Crippen MR) is 74.4 cm³/mol. The van der Waals surface area contributed by atoms with Crippen molar-refractivity contribution in [3.63, 3.8) is 0 Å². The van der Waals surface area contributed by atoms with Gasteiger partial charge in [-0.25, -0.2) is 13.1 Å². The van der Waals surface area contributed by atoms with Gasteiger partial charge in [0.2, 0.25) is 10.0 Å². The molecule has 100 valence electrons. The van der Waals surface area contributed by atoms with Crippen molar-refractivity contribution in [1.29, 1.82) is 0 Å². The molecule has 1 aliphatic rings. The minimum atomic E-state index is -3.40. The standard InChI is InChI=1S/C11H22N2O2S2/c1-3-5-11(6-7-11)8-13-17(14,15)9(4-2)10(12)16/h9,13H,3-8H2,1-2H3,(H2,12,16). The molecule has 0 aromatic heterocycles. The first-order valence-corrected chi connectivity index (χ1v) is 8.10. The highest BCUT2D eigenvalue weighted by Gasteiger charge is 2.42. The summed E-state index contributed by atoms with van der Waals surface area (Å²) in [6.07, 6.45) is 4.83. The smallest absolute Gasteiger partial charge is 0.221 e. The molecule has 0 aliphatic heterocycles. The summed E-state index contributed by atoms with van der Waals surface area (Å²) < 4.78 is 26.7. The molecule has 1 atom stereocenters. The zero-order valence-corrected chi connectivity index (χ0v) is 12.2. The molecule has 1 aliphatic carbocycles. The molecular formula is C11H22N2O2S2. The molecule has 17 heavy (non-hydrogen) atoms. The monoisotopic (exact) mass is 278 g/mol. The average molecular weight is 278 g/mol. The van der Waals surface area contributed by atoms with Crippen LogP contribution in [0.1, 0.15) is 46.0 Å². The second-order valence-corrected chi connectivity index (χ2v) is 7.33. The Balaban J connectivity index is 2.58. The summed E-state index contributed by atoms with van der Waals surface area (Å²) in [6, 6.07) is 0. The summed E-state index contributed by atoms with van der Waals surface area (Å²) in [5, 5.41) is -0.741. The maximum absolute atomic E-state index is 12.0. The summed E-state index contributed by atoms with van der Waals surface area (Å²) in [4.78, 5) is 0.0559. The summed E-state index contributed by atoms with van der Waals surface area (Å²) in [7, 11) is -3.40. The van der Waals surface area contributed by atoms with Crippen molar-refractivity contribution in [2.24, 2.45) is 11.1 Å². The number of hydrogen-bond acceptors (Lipinski definition) is 3. The van der Waals surface area contributed by atoms with Crippen LogP contribution in [0.3, 0.4) is 0 Å². The minimum absolute atomic E-state index is 0.0559. The zero-order valence-electron chi connectivity index (χ0n) is 10.5. The first kappa shape index (κ1) is 14.9. The third kappa shape index (κ3) is 3.89. The molecule has 1 rings (SSSR count). The number of hydrogen-bond donors (Lipinski definition) is 2. The molecule has 3 N–H and O–H groups in total. The van der Waals surface area contributed by atoms with Crippen LogP contribution in [0.4, 0.5) is 0 Å². The van der Waals surface area contributed by atoms with Crippen molar-refractivity contribution >= 4 is 27.2 Å². The maximum atomic E-state index is 12.0. The van der Waals surface area contributed by atoms with Crippen molar-refractivity contribution in [3.05, 3.63) is 0 Å². The van der Waals surface area contributed by atoms with E-state index in [1.807, 2.05) is 0 Å². The van der Waals surface area contributed by atoms with Crippen molar-refractivity contribution in [2.45, 2.75) is 51.2 Å². The summed E-state index contributed by atoms with van der Waals surface area (Å²) in [5.74, 6) is 0. The van der Waals surface area contributed by atoms with Gasteiger partial charge in [0.05, 0.1) is 4.99 Å². The molecule has 0 saturated heterocycles. The quantitative estimate of drug-likeness (QED) is 0.661. The Bertz CT molecular complexity index is 375. The Kier molecular flexibility index (Phi) is 4.92. The third-order valence-corrected chi connectivity index (χ3v) is 5.77. The Morgan fingerprint density at radius 1 is 1.47 bits per heavy atom. The molecule has 1 unspecified atom stereocenters. The highest BCUT2D eigenvalue weighted by Crippen LogP contribution is 2.49. The molecule has 1 saturated carbocycles. The zero-order chi connectivity index (χ0) is 13.1. The number of nitrogens with one attached hydrogen (secondary N) is 1. The van der Waals surface area contributed by atoms with E-state index >= 15 is 0 Å². The maximum Gasteiger partial charge on any atom is 0.221 e. The summed E-state index contributed by atoms with van der Waals surface area (Å²) in [6.45, 7) is 4.43. The van der Waals surface area contributed by atoms with Gasteiger partial charge in [0, 0.05) is 6.54 Å². The van der Waals surface area contributed by atoms with Crippen LogP contribution in [-0.2, 0) is 10.0 Å². The van der Waals surface area contributed by atoms with Gasteiger partial charge in [-0.2, -0.15) is 0 Å². The highest BCUT2D eigenvalue weighted by atomic mass is 32.2. The highest BCUT2D eigenvalue weighted by molar-refractivity contribution is 7.93. The first-order chi connectivity index (χ1) is 7.87. The van der Waals surface area contributed by atoms with Gasteiger partial charge >= 0.3 is 0 Å². The van der Waals surface area contributed by atoms with Crippen LogP contribution in [-0.4, -0.2) is 25.2 Å².